The number of nitrogens with zero attached hydrogens (tertiary/aromatic N) is 1. The summed E-state index contributed by atoms with van der Waals surface area (Å²) in [6.45, 7) is 2.34. The number of benzene rings is 2. The maximum absolute atomic E-state index is 12.7. The molecule has 0 aliphatic heterocycles. The summed E-state index contributed by atoms with van der Waals surface area (Å²) in [6.07, 6.45) is 0.430. The third-order valence-electron chi connectivity index (χ3n) is 3.87. The Morgan fingerprint density at radius 2 is 1.96 bits per heavy atom. The van der Waals surface area contributed by atoms with Crippen molar-refractivity contribution in [2.75, 3.05) is 24.5 Å². The Bertz CT molecular complexity index is 808. The van der Waals surface area contributed by atoms with E-state index in [1.165, 1.54) is 19.2 Å². The van der Waals surface area contributed by atoms with Crippen LogP contribution in [0.15, 0.2) is 36.4 Å². The van der Waals surface area contributed by atoms with Crippen molar-refractivity contribution in [1.29, 1.82) is 0 Å². The standard InChI is InChI=1S/C18H22N2O5S/c1-12-4-6-13(7-5-12)18(22)14-10-15(17(25-2)11-16(14)21)20(26(23)24)9-3-8-19/h4-7,10-11,21H,3,8-9,19H2,1-2H3,(H,23,24)/p-1. The van der Waals surface area contributed by atoms with Gasteiger partial charge in [-0.3, -0.25) is 13.3 Å². The minimum atomic E-state index is -2.59. The first-order chi connectivity index (χ1) is 12.4. The highest BCUT2D eigenvalue weighted by atomic mass is 32.2. The van der Waals surface area contributed by atoms with Crippen LogP contribution in [-0.2, 0) is 11.3 Å². The Labute approximate surface area is 154 Å². The molecule has 2 rings (SSSR count). The summed E-state index contributed by atoms with van der Waals surface area (Å²) < 4.78 is 29.5. The van der Waals surface area contributed by atoms with Crippen molar-refractivity contribution in [3.05, 3.63) is 53.1 Å². The molecule has 0 radical (unpaired) electrons. The average molecular weight is 377 g/mol. The first kappa shape index (κ1) is 19.9. The van der Waals surface area contributed by atoms with E-state index in [-0.39, 0.29) is 29.3 Å². The second kappa shape index (κ2) is 8.79. The quantitative estimate of drug-likeness (QED) is 0.536. The predicted molar refractivity (Wildman–Crippen MR) is 99.2 cm³/mol. The molecule has 7 nitrogen and oxygen atoms in total. The monoisotopic (exact) mass is 377 g/mol. The molecular formula is C18H21N2O5S-. The van der Waals surface area contributed by atoms with Crippen LogP contribution in [0.4, 0.5) is 5.69 Å². The van der Waals surface area contributed by atoms with Crippen LogP contribution in [0, 0.1) is 6.92 Å². The normalized spacial score (nSPS) is 11.8. The molecule has 0 saturated carbocycles. The van der Waals surface area contributed by atoms with E-state index in [1.807, 2.05) is 6.92 Å². The molecule has 26 heavy (non-hydrogen) atoms. The molecule has 2 aromatic rings. The number of anilines is 1. The lowest BCUT2D eigenvalue weighted by atomic mass is 10.0. The fourth-order valence-corrected chi connectivity index (χ4v) is 3.05. The Hall–Kier alpha value is -2.42. The summed E-state index contributed by atoms with van der Waals surface area (Å²) in [5, 5.41) is 10.2. The SMILES string of the molecule is COc1cc(O)c(C(=O)c2ccc(C)cc2)cc1N(CCCN)S(=O)[O-]. The van der Waals surface area contributed by atoms with Crippen LogP contribution < -0.4 is 14.8 Å². The number of rotatable bonds is 8. The molecule has 0 amide bonds. The van der Waals surface area contributed by atoms with E-state index in [1.54, 1.807) is 24.3 Å². The number of hydrogen-bond acceptors (Lipinski definition) is 6. The first-order valence-electron chi connectivity index (χ1n) is 7.98. The van der Waals surface area contributed by atoms with Crippen molar-refractivity contribution in [2.24, 2.45) is 5.73 Å². The topological polar surface area (TPSA) is 116 Å². The summed E-state index contributed by atoms with van der Waals surface area (Å²) in [7, 11) is 1.36. The van der Waals surface area contributed by atoms with Gasteiger partial charge in [0.2, 0.25) is 0 Å². The molecule has 140 valence electrons. The molecule has 0 saturated heterocycles. The van der Waals surface area contributed by atoms with Crippen LogP contribution in [-0.4, -0.2) is 39.9 Å². The highest BCUT2D eigenvalue weighted by Crippen LogP contribution is 2.36. The number of aryl methyl sites for hydroxylation is 1. The molecule has 1 atom stereocenters. The molecule has 0 heterocycles. The number of aromatic hydroxyl groups is 1. The van der Waals surface area contributed by atoms with Gasteiger partial charge in [0.05, 0.1) is 18.4 Å². The van der Waals surface area contributed by atoms with Gasteiger partial charge < -0.3 is 20.1 Å². The number of ether oxygens (including phenoxy) is 1. The summed E-state index contributed by atoms with van der Waals surface area (Å²) in [4.78, 5) is 12.7. The van der Waals surface area contributed by atoms with E-state index >= 15 is 0 Å². The van der Waals surface area contributed by atoms with Gasteiger partial charge in [-0.2, -0.15) is 0 Å². The van der Waals surface area contributed by atoms with E-state index < -0.39 is 17.0 Å². The average Bonchev–Trinajstić information content (AvgIpc) is 2.62. The van der Waals surface area contributed by atoms with E-state index in [9.17, 15) is 18.7 Å². The van der Waals surface area contributed by atoms with Crippen molar-refractivity contribution in [3.63, 3.8) is 0 Å². The molecule has 0 fully saturated rings. The zero-order valence-corrected chi connectivity index (χ0v) is 15.4. The van der Waals surface area contributed by atoms with Crippen molar-refractivity contribution in [3.8, 4) is 11.5 Å². The van der Waals surface area contributed by atoms with E-state index in [4.69, 9.17) is 10.5 Å². The van der Waals surface area contributed by atoms with Crippen molar-refractivity contribution in [1.82, 2.24) is 0 Å². The molecular weight excluding hydrogens is 356 g/mol. The van der Waals surface area contributed by atoms with Gasteiger partial charge in [-0.15, -0.1) is 0 Å². The van der Waals surface area contributed by atoms with E-state index in [0.29, 0.717) is 18.5 Å². The Balaban J connectivity index is 2.52. The van der Waals surface area contributed by atoms with Crippen molar-refractivity contribution in [2.45, 2.75) is 13.3 Å². The maximum Gasteiger partial charge on any atom is 0.196 e. The number of carbonyl (C=O) groups excluding carboxylic acids is 1. The van der Waals surface area contributed by atoms with Crippen LogP contribution in [0.2, 0.25) is 0 Å². The van der Waals surface area contributed by atoms with E-state index in [2.05, 4.69) is 0 Å². The fourth-order valence-electron chi connectivity index (χ4n) is 2.47. The highest BCUT2D eigenvalue weighted by Gasteiger charge is 2.21. The number of methoxy groups -OCH3 is 1. The summed E-state index contributed by atoms with van der Waals surface area (Å²) in [5.41, 5.74) is 7.01. The summed E-state index contributed by atoms with van der Waals surface area (Å²) in [6, 6.07) is 9.43. The number of ketones is 1. The second-order valence-electron chi connectivity index (χ2n) is 5.70. The Morgan fingerprint density at radius 3 is 2.50 bits per heavy atom. The van der Waals surface area contributed by atoms with Gasteiger partial charge in [0.15, 0.2) is 5.78 Å². The molecule has 0 bridgehead atoms. The van der Waals surface area contributed by atoms with Crippen LogP contribution in [0.1, 0.15) is 27.9 Å². The second-order valence-corrected chi connectivity index (χ2v) is 6.57. The van der Waals surface area contributed by atoms with E-state index in [0.717, 1.165) is 9.87 Å². The smallest absolute Gasteiger partial charge is 0.196 e. The molecule has 0 aliphatic rings. The number of phenolic OH excluding ortho intramolecular Hbond substituents is 1. The zero-order valence-electron chi connectivity index (χ0n) is 14.6. The van der Waals surface area contributed by atoms with Gasteiger partial charge >= 0.3 is 0 Å². The summed E-state index contributed by atoms with van der Waals surface area (Å²) in [5.74, 6) is -0.558. The lowest BCUT2D eigenvalue weighted by Gasteiger charge is -2.28. The number of phenols is 1. The van der Waals surface area contributed by atoms with Gasteiger partial charge in [0.25, 0.3) is 0 Å². The third-order valence-corrected chi connectivity index (χ3v) is 4.61. The molecule has 3 N–H and O–H groups in total. The van der Waals surface area contributed by atoms with Gasteiger partial charge in [0, 0.05) is 29.4 Å². The number of carbonyl (C=O) groups is 1. The maximum atomic E-state index is 12.7. The van der Waals surface area contributed by atoms with Crippen LogP contribution in [0.5, 0.6) is 11.5 Å². The molecule has 0 spiro atoms. The van der Waals surface area contributed by atoms with Crippen molar-refractivity contribution < 1.29 is 23.4 Å². The highest BCUT2D eigenvalue weighted by molar-refractivity contribution is 7.80. The third kappa shape index (κ3) is 4.40. The number of hydrogen-bond donors (Lipinski definition) is 2. The zero-order chi connectivity index (χ0) is 19.3. The Morgan fingerprint density at radius 1 is 1.31 bits per heavy atom. The fraction of sp³-hybridized carbons (Fsp3) is 0.278. The minimum Gasteiger partial charge on any atom is -0.755 e. The molecule has 1 unspecified atom stereocenters. The minimum absolute atomic E-state index is 0.00662. The molecule has 8 heteroatoms. The summed E-state index contributed by atoms with van der Waals surface area (Å²) >= 11 is -2.59. The van der Waals surface area contributed by atoms with Gasteiger partial charge in [0.1, 0.15) is 11.5 Å². The predicted octanol–water partition coefficient (Wildman–Crippen LogP) is 1.89. The van der Waals surface area contributed by atoms with Crippen molar-refractivity contribution >= 4 is 22.7 Å². The lowest BCUT2D eigenvalue weighted by molar-refractivity contribution is 0.103. The van der Waals surface area contributed by atoms with Gasteiger partial charge in [-0.1, -0.05) is 29.8 Å². The van der Waals surface area contributed by atoms with Crippen LogP contribution in [0.3, 0.4) is 0 Å². The molecule has 0 aliphatic carbocycles. The largest absolute Gasteiger partial charge is 0.755 e. The van der Waals surface area contributed by atoms with Gasteiger partial charge in [-0.05, 0) is 26.0 Å². The first-order valence-corrected chi connectivity index (χ1v) is 9.01. The van der Waals surface area contributed by atoms with Crippen LogP contribution >= 0.6 is 0 Å². The lowest BCUT2D eigenvalue weighted by Crippen LogP contribution is -2.28. The Kier molecular flexibility index (Phi) is 6.73. The molecule has 0 aromatic heterocycles. The van der Waals surface area contributed by atoms with Gasteiger partial charge in [-0.25, -0.2) is 0 Å². The number of nitrogens with two attached hydrogens (primary N) is 1. The molecule has 2 aromatic carbocycles. The van der Waals surface area contributed by atoms with Crippen LogP contribution in [0.25, 0.3) is 0 Å².